The van der Waals surface area contributed by atoms with E-state index in [1.54, 1.807) is 19.2 Å². The largest absolute Gasteiger partial charge is 0.496 e. The summed E-state index contributed by atoms with van der Waals surface area (Å²) in [7, 11) is 3.51. The zero-order valence-corrected chi connectivity index (χ0v) is 12.5. The van der Waals surface area contributed by atoms with Crippen LogP contribution in [0.25, 0.3) is 0 Å². The monoisotopic (exact) mass is 288 g/mol. The third kappa shape index (κ3) is 3.73. The van der Waals surface area contributed by atoms with Crippen molar-refractivity contribution in [1.29, 1.82) is 0 Å². The van der Waals surface area contributed by atoms with E-state index < -0.39 is 0 Å². The van der Waals surface area contributed by atoms with E-state index in [1.807, 2.05) is 42.3 Å². The molecule has 0 atom stereocenters. The highest BCUT2D eigenvalue weighted by molar-refractivity contribution is 5.50. The molecule has 0 aliphatic carbocycles. The predicted octanol–water partition coefficient (Wildman–Crippen LogP) is 2.97. The van der Waals surface area contributed by atoms with Gasteiger partial charge < -0.3 is 15.4 Å². The molecule has 0 saturated carbocycles. The lowest BCUT2D eigenvalue weighted by Gasteiger charge is -2.21. The molecule has 0 saturated heterocycles. The fourth-order valence-electron chi connectivity index (χ4n) is 2.36. The lowest BCUT2D eigenvalue weighted by atomic mass is 10.1. The summed E-state index contributed by atoms with van der Waals surface area (Å²) in [6, 6.07) is 13.0. The molecule has 2 aromatic rings. The first-order valence-corrected chi connectivity index (χ1v) is 6.97. The van der Waals surface area contributed by atoms with Gasteiger partial charge in [-0.3, -0.25) is 0 Å². The number of hydrogen-bond acceptors (Lipinski definition) is 3. The summed E-state index contributed by atoms with van der Waals surface area (Å²) in [6.45, 7) is 1.10. The van der Waals surface area contributed by atoms with Crippen LogP contribution in [0.2, 0.25) is 0 Å². The Labute approximate surface area is 125 Å². The second-order valence-electron chi connectivity index (χ2n) is 4.99. The Hall–Kier alpha value is -2.07. The molecule has 3 nitrogen and oxygen atoms in total. The summed E-state index contributed by atoms with van der Waals surface area (Å²) < 4.78 is 19.5. The molecule has 0 aliphatic heterocycles. The van der Waals surface area contributed by atoms with E-state index in [0.29, 0.717) is 25.2 Å². The van der Waals surface area contributed by atoms with Gasteiger partial charge in [0.25, 0.3) is 0 Å². The molecule has 0 spiro atoms. The molecule has 0 heterocycles. The second kappa shape index (κ2) is 7.09. The van der Waals surface area contributed by atoms with Gasteiger partial charge in [0.2, 0.25) is 0 Å². The number of hydrogen-bond donors (Lipinski definition) is 1. The highest BCUT2D eigenvalue weighted by atomic mass is 19.1. The summed E-state index contributed by atoms with van der Waals surface area (Å²) in [5.41, 5.74) is 8.01. The van der Waals surface area contributed by atoms with Crippen LogP contribution in [0.1, 0.15) is 11.1 Å². The molecule has 2 rings (SSSR count). The fourth-order valence-corrected chi connectivity index (χ4v) is 2.36. The van der Waals surface area contributed by atoms with E-state index in [0.717, 1.165) is 16.9 Å². The second-order valence-corrected chi connectivity index (χ2v) is 4.99. The molecule has 2 aromatic carbocycles. The van der Waals surface area contributed by atoms with E-state index in [-0.39, 0.29) is 5.82 Å². The number of nitrogens with zero attached hydrogens (tertiary/aromatic N) is 1. The number of halogens is 1. The fraction of sp³-hybridized carbons (Fsp3) is 0.294. The van der Waals surface area contributed by atoms with Crippen molar-refractivity contribution in [3.05, 3.63) is 59.4 Å². The van der Waals surface area contributed by atoms with Gasteiger partial charge in [0.05, 0.1) is 12.8 Å². The molecular weight excluding hydrogens is 267 g/mol. The van der Waals surface area contributed by atoms with Crippen LogP contribution in [-0.4, -0.2) is 20.7 Å². The minimum Gasteiger partial charge on any atom is -0.496 e. The summed E-state index contributed by atoms with van der Waals surface area (Å²) in [4.78, 5) is 1.87. The first-order chi connectivity index (χ1) is 10.2. The summed E-state index contributed by atoms with van der Waals surface area (Å²) in [6.07, 6.45) is 0.688. The van der Waals surface area contributed by atoms with Crippen molar-refractivity contribution in [2.24, 2.45) is 5.73 Å². The molecule has 21 heavy (non-hydrogen) atoms. The Kier molecular flexibility index (Phi) is 5.17. The van der Waals surface area contributed by atoms with E-state index in [9.17, 15) is 4.39 Å². The lowest BCUT2D eigenvalue weighted by Crippen LogP contribution is -2.18. The summed E-state index contributed by atoms with van der Waals surface area (Å²) >= 11 is 0. The van der Waals surface area contributed by atoms with Crippen molar-refractivity contribution in [3.63, 3.8) is 0 Å². The number of ether oxygens (including phenoxy) is 1. The average molecular weight is 288 g/mol. The number of anilines is 1. The van der Waals surface area contributed by atoms with Gasteiger partial charge in [-0.2, -0.15) is 0 Å². The molecule has 112 valence electrons. The topological polar surface area (TPSA) is 38.5 Å². The third-order valence-electron chi connectivity index (χ3n) is 3.46. The maximum atomic E-state index is 14.2. The molecular formula is C17H21FN2O. The quantitative estimate of drug-likeness (QED) is 0.888. The molecule has 0 radical (unpaired) electrons. The zero-order chi connectivity index (χ0) is 15.2. The standard InChI is InChI=1S/C17H21FN2O/c1-20(12-14-5-3-4-6-17(14)21-2)16-8-7-13(9-10-19)11-15(16)18/h3-8,11H,9-10,12,19H2,1-2H3. The van der Waals surface area contributed by atoms with Crippen molar-refractivity contribution in [2.75, 3.05) is 25.6 Å². The van der Waals surface area contributed by atoms with Crippen molar-refractivity contribution in [3.8, 4) is 5.75 Å². The third-order valence-corrected chi connectivity index (χ3v) is 3.46. The van der Waals surface area contributed by atoms with Crippen LogP contribution in [-0.2, 0) is 13.0 Å². The van der Waals surface area contributed by atoms with E-state index in [1.165, 1.54) is 0 Å². The van der Waals surface area contributed by atoms with Crippen LogP contribution in [0.4, 0.5) is 10.1 Å². The number of rotatable bonds is 6. The average Bonchev–Trinajstić information content (AvgIpc) is 2.48. The Morgan fingerprint density at radius 3 is 2.62 bits per heavy atom. The van der Waals surface area contributed by atoms with E-state index in [2.05, 4.69) is 0 Å². The van der Waals surface area contributed by atoms with Gasteiger partial charge in [-0.15, -0.1) is 0 Å². The van der Waals surface area contributed by atoms with Crippen LogP contribution in [0.3, 0.4) is 0 Å². The molecule has 0 unspecified atom stereocenters. The van der Waals surface area contributed by atoms with E-state index >= 15 is 0 Å². The lowest BCUT2D eigenvalue weighted by molar-refractivity contribution is 0.409. The molecule has 0 aliphatic rings. The molecule has 0 aromatic heterocycles. The van der Waals surface area contributed by atoms with Gasteiger partial charge in [-0.1, -0.05) is 24.3 Å². The first-order valence-electron chi connectivity index (χ1n) is 6.97. The van der Waals surface area contributed by atoms with Crippen LogP contribution >= 0.6 is 0 Å². The van der Waals surface area contributed by atoms with Crippen molar-refractivity contribution >= 4 is 5.69 Å². The minimum absolute atomic E-state index is 0.224. The SMILES string of the molecule is COc1ccccc1CN(C)c1ccc(CCN)cc1F. The van der Waals surface area contributed by atoms with Crippen LogP contribution < -0.4 is 15.4 Å². The summed E-state index contributed by atoms with van der Waals surface area (Å²) in [5, 5.41) is 0. The van der Waals surface area contributed by atoms with Gasteiger partial charge in [0, 0.05) is 19.2 Å². The first kappa shape index (κ1) is 15.3. The Balaban J connectivity index is 2.18. The molecule has 0 bridgehead atoms. The normalized spacial score (nSPS) is 10.5. The molecule has 0 amide bonds. The Bertz CT molecular complexity index is 601. The van der Waals surface area contributed by atoms with Gasteiger partial charge >= 0.3 is 0 Å². The van der Waals surface area contributed by atoms with Gasteiger partial charge in [0.1, 0.15) is 11.6 Å². The van der Waals surface area contributed by atoms with Crippen LogP contribution in [0.5, 0.6) is 5.75 Å². The van der Waals surface area contributed by atoms with Gasteiger partial charge in [0.15, 0.2) is 0 Å². The molecule has 4 heteroatoms. The van der Waals surface area contributed by atoms with E-state index in [4.69, 9.17) is 10.5 Å². The van der Waals surface area contributed by atoms with Gasteiger partial charge in [-0.25, -0.2) is 4.39 Å². The molecule has 2 N–H and O–H groups in total. The van der Waals surface area contributed by atoms with Crippen molar-refractivity contribution in [1.82, 2.24) is 0 Å². The minimum atomic E-state index is -0.224. The predicted molar refractivity (Wildman–Crippen MR) is 84.3 cm³/mol. The number of para-hydroxylation sites is 1. The van der Waals surface area contributed by atoms with Crippen molar-refractivity contribution < 1.29 is 9.13 Å². The highest BCUT2D eigenvalue weighted by Crippen LogP contribution is 2.24. The number of benzene rings is 2. The smallest absolute Gasteiger partial charge is 0.146 e. The Morgan fingerprint density at radius 2 is 1.95 bits per heavy atom. The summed E-state index contributed by atoms with van der Waals surface area (Å²) in [5.74, 6) is 0.586. The van der Waals surface area contributed by atoms with Crippen molar-refractivity contribution in [2.45, 2.75) is 13.0 Å². The maximum absolute atomic E-state index is 14.2. The number of methoxy groups -OCH3 is 1. The highest BCUT2D eigenvalue weighted by Gasteiger charge is 2.11. The van der Waals surface area contributed by atoms with Gasteiger partial charge in [-0.05, 0) is 36.7 Å². The molecule has 0 fully saturated rings. The van der Waals surface area contributed by atoms with Crippen LogP contribution in [0.15, 0.2) is 42.5 Å². The Morgan fingerprint density at radius 1 is 1.19 bits per heavy atom. The zero-order valence-electron chi connectivity index (χ0n) is 12.5. The maximum Gasteiger partial charge on any atom is 0.146 e. The number of nitrogens with two attached hydrogens (primary N) is 1. The van der Waals surface area contributed by atoms with Crippen LogP contribution in [0, 0.1) is 5.82 Å².